The zero-order chi connectivity index (χ0) is 10.8. The lowest BCUT2D eigenvalue weighted by atomic mass is 10.2. The van der Waals surface area contributed by atoms with E-state index in [4.69, 9.17) is 4.42 Å². The molecule has 0 saturated heterocycles. The van der Waals surface area contributed by atoms with Gasteiger partial charge in [-0.2, -0.15) is 5.10 Å². The number of hydrogen-bond acceptors (Lipinski definition) is 3. The topological polar surface area (TPSA) is 70.9 Å². The van der Waals surface area contributed by atoms with Crippen molar-refractivity contribution < 1.29 is 9.21 Å². The summed E-state index contributed by atoms with van der Waals surface area (Å²) in [4.78, 5) is 11.7. The molecule has 0 unspecified atom stereocenters. The molecule has 2 aromatic heterocycles. The molecule has 78 valence electrons. The SMILES string of the molecule is Cc1cc(C(=O)Nc2cn[nH]c2)c(C)o1. The number of nitrogens with one attached hydrogen (secondary N) is 2. The first-order valence-electron chi connectivity index (χ1n) is 4.54. The molecule has 1 amide bonds. The second-order valence-corrected chi connectivity index (χ2v) is 3.27. The molecule has 0 spiro atoms. The molecule has 5 heteroatoms. The zero-order valence-corrected chi connectivity index (χ0v) is 8.50. The predicted octanol–water partition coefficient (Wildman–Crippen LogP) is 1.87. The normalized spacial score (nSPS) is 10.3. The van der Waals surface area contributed by atoms with Gasteiger partial charge in [0.2, 0.25) is 0 Å². The van der Waals surface area contributed by atoms with E-state index in [1.54, 1.807) is 25.4 Å². The van der Waals surface area contributed by atoms with Crippen LogP contribution in [0.3, 0.4) is 0 Å². The lowest BCUT2D eigenvalue weighted by Gasteiger charge is -1.99. The number of amides is 1. The molecule has 5 nitrogen and oxygen atoms in total. The minimum atomic E-state index is -0.189. The predicted molar refractivity (Wildman–Crippen MR) is 54.7 cm³/mol. The number of aryl methyl sites for hydroxylation is 2. The number of anilines is 1. The second-order valence-electron chi connectivity index (χ2n) is 3.27. The van der Waals surface area contributed by atoms with Crippen molar-refractivity contribution in [3.8, 4) is 0 Å². The van der Waals surface area contributed by atoms with Crippen LogP contribution in [0.5, 0.6) is 0 Å². The highest BCUT2D eigenvalue weighted by Gasteiger charge is 2.13. The van der Waals surface area contributed by atoms with E-state index in [0.29, 0.717) is 17.0 Å². The Bertz CT molecular complexity index is 471. The summed E-state index contributed by atoms with van der Waals surface area (Å²) >= 11 is 0. The van der Waals surface area contributed by atoms with Gasteiger partial charge in [0.1, 0.15) is 11.5 Å². The molecule has 0 aliphatic carbocycles. The third-order valence-electron chi connectivity index (χ3n) is 2.04. The van der Waals surface area contributed by atoms with Gasteiger partial charge in [0, 0.05) is 6.20 Å². The number of aromatic amines is 1. The average molecular weight is 205 g/mol. The van der Waals surface area contributed by atoms with E-state index < -0.39 is 0 Å². The Hall–Kier alpha value is -2.04. The number of rotatable bonds is 2. The Morgan fingerprint density at radius 1 is 1.53 bits per heavy atom. The highest BCUT2D eigenvalue weighted by Crippen LogP contribution is 2.15. The molecule has 0 atom stereocenters. The van der Waals surface area contributed by atoms with Crippen LogP contribution in [0.2, 0.25) is 0 Å². The molecule has 2 rings (SSSR count). The Morgan fingerprint density at radius 3 is 2.87 bits per heavy atom. The van der Waals surface area contributed by atoms with Crippen LogP contribution in [0.1, 0.15) is 21.9 Å². The number of hydrogen-bond donors (Lipinski definition) is 2. The van der Waals surface area contributed by atoms with Gasteiger partial charge in [-0.25, -0.2) is 0 Å². The minimum Gasteiger partial charge on any atom is -0.466 e. The van der Waals surface area contributed by atoms with Crippen molar-refractivity contribution in [3.05, 3.63) is 35.5 Å². The average Bonchev–Trinajstić information content (AvgIpc) is 2.75. The van der Waals surface area contributed by atoms with Crippen molar-refractivity contribution in [2.45, 2.75) is 13.8 Å². The van der Waals surface area contributed by atoms with Crippen LogP contribution in [0.4, 0.5) is 5.69 Å². The molecule has 0 saturated carbocycles. The first kappa shape index (κ1) is 9.51. The van der Waals surface area contributed by atoms with Gasteiger partial charge < -0.3 is 9.73 Å². The zero-order valence-electron chi connectivity index (χ0n) is 8.50. The van der Waals surface area contributed by atoms with Gasteiger partial charge in [-0.15, -0.1) is 0 Å². The van der Waals surface area contributed by atoms with Crippen LogP contribution < -0.4 is 5.32 Å². The summed E-state index contributed by atoms with van der Waals surface area (Å²) in [5, 5.41) is 9.05. The molecule has 2 N–H and O–H groups in total. The summed E-state index contributed by atoms with van der Waals surface area (Å²) in [7, 11) is 0. The lowest BCUT2D eigenvalue weighted by Crippen LogP contribution is -2.11. The van der Waals surface area contributed by atoms with Crippen molar-refractivity contribution in [2.24, 2.45) is 0 Å². The first-order chi connectivity index (χ1) is 7.16. The Kier molecular flexibility index (Phi) is 2.29. The summed E-state index contributed by atoms with van der Waals surface area (Å²) in [5.41, 5.74) is 1.19. The van der Waals surface area contributed by atoms with Crippen molar-refractivity contribution in [1.82, 2.24) is 10.2 Å². The number of H-pyrrole nitrogens is 1. The molecule has 0 aliphatic rings. The standard InChI is InChI=1S/C10H11N3O2/c1-6-3-9(7(2)15-6)10(14)13-8-4-11-12-5-8/h3-5H,1-2H3,(H,11,12)(H,13,14). The monoisotopic (exact) mass is 205 g/mol. The largest absolute Gasteiger partial charge is 0.466 e. The van der Waals surface area contributed by atoms with Gasteiger partial charge in [-0.1, -0.05) is 0 Å². The fourth-order valence-corrected chi connectivity index (χ4v) is 1.37. The maximum absolute atomic E-state index is 11.7. The quantitative estimate of drug-likeness (QED) is 0.786. The third-order valence-corrected chi connectivity index (χ3v) is 2.04. The van der Waals surface area contributed by atoms with E-state index in [1.807, 2.05) is 6.92 Å². The van der Waals surface area contributed by atoms with Crippen LogP contribution in [0.25, 0.3) is 0 Å². The number of furan rings is 1. The number of carbonyl (C=O) groups is 1. The first-order valence-corrected chi connectivity index (χ1v) is 4.54. The molecule has 2 aromatic rings. The smallest absolute Gasteiger partial charge is 0.259 e. The highest BCUT2D eigenvalue weighted by molar-refractivity contribution is 6.04. The van der Waals surface area contributed by atoms with Crippen LogP contribution in [-0.4, -0.2) is 16.1 Å². The van der Waals surface area contributed by atoms with Crippen LogP contribution in [-0.2, 0) is 0 Å². The molecule has 0 bridgehead atoms. The van der Waals surface area contributed by atoms with Crippen LogP contribution >= 0.6 is 0 Å². The molecule has 0 radical (unpaired) electrons. The molecular weight excluding hydrogens is 194 g/mol. The Morgan fingerprint density at radius 2 is 2.33 bits per heavy atom. The number of carbonyl (C=O) groups excluding carboxylic acids is 1. The fourth-order valence-electron chi connectivity index (χ4n) is 1.37. The fraction of sp³-hybridized carbons (Fsp3) is 0.200. The van der Waals surface area contributed by atoms with Crippen molar-refractivity contribution in [3.63, 3.8) is 0 Å². The molecule has 15 heavy (non-hydrogen) atoms. The minimum absolute atomic E-state index is 0.189. The van der Waals surface area contributed by atoms with Crippen molar-refractivity contribution in [1.29, 1.82) is 0 Å². The summed E-state index contributed by atoms with van der Waals surface area (Å²) in [6.45, 7) is 3.57. The lowest BCUT2D eigenvalue weighted by molar-refractivity contribution is 0.102. The van der Waals surface area contributed by atoms with E-state index >= 15 is 0 Å². The Labute approximate surface area is 86.5 Å². The third kappa shape index (κ3) is 1.90. The Balaban J connectivity index is 2.18. The second kappa shape index (κ2) is 3.61. The summed E-state index contributed by atoms with van der Waals surface area (Å²) in [5.74, 6) is 1.16. The van der Waals surface area contributed by atoms with Gasteiger partial charge in [-0.05, 0) is 19.9 Å². The van der Waals surface area contributed by atoms with Gasteiger partial charge in [0.25, 0.3) is 5.91 Å². The van der Waals surface area contributed by atoms with Gasteiger partial charge in [-0.3, -0.25) is 9.89 Å². The van der Waals surface area contributed by atoms with Crippen molar-refractivity contribution >= 4 is 11.6 Å². The summed E-state index contributed by atoms with van der Waals surface area (Å²) < 4.78 is 5.27. The molecule has 0 fully saturated rings. The summed E-state index contributed by atoms with van der Waals surface area (Å²) in [6, 6.07) is 1.71. The molecular formula is C10H11N3O2. The van der Waals surface area contributed by atoms with E-state index in [9.17, 15) is 4.79 Å². The maximum atomic E-state index is 11.7. The van der Waals surface area contributed by atoms with Crippen molar-refractivity contribution in [2.75, 3.05) is 5.32 Å². The number of aromatic nitrogens is 2. The van der Waals surface area contributed by atoms with E-state index in [-0.39, 0.29) is 5.91 Å². The highest BCUT2D eigenvalue weighted by atomic mass is 16.3. The molecule has 0 aliphatic heterocycles. The van der Waals surface area contributed by atoms with E-state index in [1.165, 1.54) is 0 Å². The van der Waals surface area contributed by atoms with Gasteiger partial charge >= 0.3 is 0 Å². The van der Waals surface area contributed by atoms with Gasteiger partial charge in [0.05, 0.1) is 17.4 Å². The number of nitrogens with zero attached hydrogens (tertiary/aromatic N) is 1. The summed E-state index contributed by atoms with van der Waals surface area (Å²) in [6.07, 6.45) is 3.15. The molecule has 2 heterocycles. The maximum Gasteiger partial charge on any atom is 0.259 e. The van der Waals surface area contributed by atoms with Crippen LogP contribution in [0.15, 0.2) is 22.9 Å². The van der Waals surface area contributed by atoms with E-state index in [0.717, 1.165) is 5.76 Å². The van der Waals surface area contributed by atoms with E-state index in [2.05, 4.69) is 15.5 Å². The molecule has 0 aromatic carbocycles. The van der Waals surface area contributed by atoms with Gasteiger partial charge in [0.15, 0.2) is 0 Å². The van der Waals surface area contributed by atoms with Crippen LogP contribution in [0, 0.1) is 13.8 Å².